The molecule has 1 aliphatic heterocycles. The molecule has 2 aliphatic rings. The monoisotopic (exact) mass is 256 g/mol. The van der Waals surface area contributed by atoms with Crippen LogP contribution in [0.4, 0.5) is 5.69 Å². The molecule has 1 unspecified atom stereocenters. The summed E-state index contributed by atoms with van der Waals surface area (Å²) in [6.45, 7) is 5.24. The number of benzene rings is 1. The van der Waals surface area contributed by atoms with Crippen molar-refractivity contribution in [1.82, 2.24) is 0 Å². The van der Waals surface area contributed by atoms with E-state index in [9.17, 15) is 0 Å². The highest BCUT2D eigenvalue weighted by atomic mass is 15.5. The van der Waals surface area contributed by atoms with Crippen LogP contribution < -0.4 is 5.01 Å². The van der Waals surface area contributed by atoms with Crippen LogP contribution in [0.2, 0.25) is 0 Å². The van der Waals surface area contributed by atoms with Gasteiger partial charge in [0.25, 0.3) is 0 Å². The van der Waals surface area contributed by atoms with Gasteiger partial charge >= 0.3 is 0 Å². The molecule has 3 rings (SSSR count). The van der Waals surface area contributed by atoms with Gasteiger partial charge in [-0.3, -0.25) is 5.01 Å². The van der Waals surface area contributed by atoms with Gasteiger partial charge in [-0.15, -0.1) is 0 Å². The molecule has 0 radical (unpaired) electrons. The minimum absolute atomic E-state index is 0.694. The Labute approximate surface area is 116 Å². The molecule has 0 aromatic heterocycles. The highest BCUT2D eigenvalue weighted by molar-refractivity contribution is 5.80. The summed E-state index contributed by atoms with van der Waals surface area (Å²) in [5.41, 5.74) is 4.00. The van der Waals surface area contributed by atoms with Crippen molar-refractivity contribution >= 4 is 11.4 Å². The van der Waals surface area contributed by atoms with Crippen LogP contribution in [0.15, 0.2) is 29.4 Å². The zero-order chi connectivity index (χ0) is 13.2. The molecule has 0 spiro atoms. The van der Waals surface area contributed by atoms with Crippen LogP contribution in [0.3, 0.4) is 0 Å². The van der Waals surface area contributed by atoms with Gasteiger partial charge in [0.2, 0.25) is 0 Å². The number of anilines is 1. The van der Waals surface area contributed by atoms with E-state index in [1.165, 1.54) is 43.4 Å². The van der Waals surface area contributed by atoms with E-state index in [1.54, 1.807) is 0 Å². The molecular formula is C17H24N2. The van der Waals surface area contributed by atoms with E-state index >= 15 is 0 Å². The minimum atomic E-state index is 0.694. The summed E-state index contributed by atoms with van der Waals surface area (Å²) in [6.07, 6.45) is 7.07. The van der Waals surface area contributed by atoms with Gasteiger partial charge in [-0.05, 0) is 44.2 Å². The van der Waals surface area contributed by atoms with Crippen molar-refractivity contribution in [3.63, 3.8) is 0 Å². The van der Waals surface area contributed by atoms with Crippen molar-refractivity contribution in [2.45, 2.75) is 51.9 Å². The fraction of sp³-hybridized carbons (Fsp3) is 0.588. The SMILES string of the molecule is CC(C)=NN1CC(C2CCCCC2)c2ccccc21. The molecule has 1 aromatic rings. The largest absolute Gasteiger partial charge is 0.265 e. The second-order valence-corrected chi connectivity index (χ2v) is 6.19. The lowest BCUT2D eigenvalue weighted by molar-refractivity contribution is 0.312. The third kappa shape index (κ3) is 2.54. The highest BCUT2D eigenvalue weighted by Crippen LogP contribution is 2.44. The normalized spacial score (nSPS) is 23.3. The predicted molar refractivity (Wildman–Crippen MR) is 81.9 cm³/mol. The first kappa shape index (κ1) is 12.7. The minimum Gasteiger partial charge on any atom is -0.265 e. The summed E-state index contributed by atoms with van der Waals surface area (Å²) in [6, 6.07) is 8.86. The van der Waals surface area contributed by atoms with Gasteiger partial charge in [-0.25, -0.2) is 0 Å². The highest BCUT2D eigenvalue weighted by Gasteiger charge is 2.34. The fourth-order valence-corrected chi connectivity index (χ4v) is 3.69. The number of nitrogens with zero attached hydrogens (tertiary/aromatic N) is 2. The zero-order valence-corrected chi connectivity index (χ0v) is 12.1. The second-order valence-electron chi connectivity index (χ2n) is 6.19. The Morgan fingerprint density at radius 2 is 1.84 bits per heavy atom. The lowest BCUT2D eigenvalue weighted by Gasteiger charge is -2.27. The molecule has 0 saturated heterocycles. The van der Waals surface area contributed by atoms with Crippen molar-refractivity contribution in [3.05, 3.63) is 29.8 Å². The van der Waals surface area contributed by atoms with Crippen molar-refractivity contribution in [2.24, 2.45) is 11.0 Å². The van der Waals surface area contributed by atoms with E-state index < -0.39 is 0 Å². The van der Waals surface area contributed by atoms with Gasteiger partial charge in [0, 0.05) is 18.2 Å². The van der Waals surface area contributed by atoms with Gasteiger partial charge in [-0.1, -0.05) is 37.5 Å². The van der Waals surface area contributed by atoms with Crippen molar-refractivity contribution in [1.29, 1.82) is 0 Å². The summed E-state index contributed by atoms with van der Waals surface area (Å²) in [4.78, 5) is 0. The quantitative estimate of drug-likeness (QED) is 0.708. The van der Waals surface area contributed by atoms with E-state index in [0.717, 1.165) is 18.2 Å². The van der Waals surface area contributed by atoms with Crippen molar-refractivity contribution in [2.75, 3.05) is 11.6 Å². The maximum absolute atomic E-state index is 4.71. The molecule has 1 atom stereocenters. The van der Waals surface area contributed by atoms with Gasteiger partial charge in [0.05, 0.1) is 5.69 Å². The summed E-state index contributed by atoms with van der Waals surface area (Å²) in [7, 11) is 0. The smallest absolute Gasteiger partial charge is 0.0629 e. The lowest BCUT2D eigenvalue weighted by Crippen LogP contribution is -2.22. The van der Waals surface area contributed by atoms with Gasteiger partial charge < -0.3 is 0 Å². The molecule has 1 fully saturated rings. The number of hydrogen-bond acceptors (Lipinski definition) is 2. The molecule has 1 heterocycles. The molecule has 19 heavy (non-hydrogen) atoms. The molecule has 2 heteroatoms. The molecule has 0 N–H and O–H groups in total. The van der Waals surface area contributed by atoms with Gasteiger partial charge in [0.1, 0.15) is 0 Å². The summed E-state index contributed by atoms with van der Waals surface area (Å²) in [5, 5.41) is 6.94. The topological polar surface area (TPSA) is 15.6 Å². The number of rotatable bonds is 2. The average molecular weight is 256 g/mol. The van der Waals surface area contributed by atoms with Crippen LogP contribution in [0.1, 0.15) is 57.4 Å². The Hall–Kier alpha value is -1.31. The molecule has 102 valence electrons. The van der Waals surface area contributed by atoms with Crippen LogP contribution in [-0.2, 0) is 0 Å². The first-order chi connectivity index (χ1) is 9.25. The van der Waals surface area contributed by atoms with E-state index in [0.29, 0.717) is 5.92 Å². The summed E-state index contributed by atoms with van der Waals surface area (Å²) in [5.74, 6) is 1.56. The standard InChI is InChI=1S/C17H24N2/c1-13(2)18-19-12-16(14-8-4-3-5-9-14)15-10-6-7-11-17(15)19/h6-7,10-11,14,16H,3-5,8-9,12H2,1-2H3. The van der Waals surface area contributed by atoms with E-state index in [4.69, 9.17) is 5.10 Å². The van der Waals surface area contributed by atoms with Crippen molar-refractivity contribution < 1.29 is 0 Å². The van der Waals surface area contributed by atoms with Crippen molar-refractivity contribution in [3.8, 4) is 0 Å². The molecule has 1 saturated carbocycles. The molecule has 2 nitrogen and oxygen atoms in total. The lowest BCUT2D eigenvalue weighted by atomic mass is 9.78. The molecule has 1 aliphatic carbocycles. The maximum atomic E-state index is 4.71. The van der Waals surface area contributed by atoms with Crippen LogP contribution in [-0.4, -0.2) is 12.3 Å². The summed E-state index contributed by atoms with van der Waals surface area (Å²) < 4.78 is 0. The Kier molecular flexibility index (Phi) is 3.58. The second kappa shape index (κ2) is 5.36. The van der Waals surface area contributed by atoms with Crippen LogP contribution in [0.25, 0.3) is 0 Å². The van der Waals surface area contributed by atoms with E-state index in [1.807, 2.05) is 0 Å². The third-order valence-electron chi connectivity index (χ3n) is 4.52. The molecular weight excluding hydrogens is 232 g/mol. The van der Waals surface area contributed by atoms with Crippen LogP contribution in [0, 0.1) is 5.92 Å². The Morgan fingerprint density at radius 1 is 1.11 bits per heavy atom. The van der Waals surface area contributed by atoms with Crippen LogP contribution in [0.5, 0.6) is 0 Å². The van der Waals surface area contributed by atoms with E-state index in [2.05, 4.69) is 43.1 Å². The molecule has 0 bridgehead atoms. The first-order valence-electron chi connectivity index (χ1n) is 7.64. The molecule has 1 aromatic carbocycles. The predicted octanol–water partition coefficient (Wildman–Crippen LogP) is 4.57. The molecule has 0 amide bonds. The number of hydrazone groups is 1. The third-order valence-corrected chi connectivity index (χ3v) is 4.52. The zero-order valence-electron chi connectivity index (χ0n) is 12.1. The Balaban J connectivity index is 1.89. The Morgan fingerprint density at radius 3 is 2.58 bits per heavy atom. The van der Waals surface area contributed by atoms with Gasteiger partial charge in [0.15, 0.2) is 0 Å². The van der Waals surface area contributed by atoms with Gasteiger partial charge in [-0.2, -0.15) is 5.10 Å². The first-order valence-corrected chi connectivity index (χ1v) is 7.64. The fourth-order valence-electron chi connectivity index (χ4n) is 3.69. The number of hydrogen-bond donors (Lipinski definition) is 0. The Bertz CT molecular complexity index is 468. The maximum Gasteiger partial charge on any atom is 0.0629 e. The van der Waals surface area contributed by atoms with E-state index in [-0.39, 0.29) is 0 Å². The number of fused-ring (bicyclic) bond motifs is 1. The summed E-state index contributed by atoms with van der Waals surface area (Å²) >= 11 is 0. The average Bonchev–Trinajstić information content (AvgIpc) is 2.78. The number of para-hydroxylation sites is 1. The van der Waals surface area contributed by atoms with Crippen LogP contribution >= 0.6 is 0 Å².